The maximum atomic E-state index is 12.0. The molecule has 0 amide bonds. The van der Waals surface area contributed by atoms with Crippen LogP contribution in [0.2, 0.25) is 0 Å². The summed E-state index contributed by atoms with van der Waals surface area (Å²) in [5, 5.41) is 9.87. The number of benzene rings is 1. The molecule has 0 aliphatic carbocycles. The second-order valence-corrected chi connectivity index (χ2v) is 7.52. The molecule has 25 heavy (non-hydrogen) atoms. The molecule has 1 aromatic rings. The van der Waals surface area contributed by atoms with E-state index in [4.69, 9.17) is 9.47 Å². The van der Waals surface area contributed by atoms with Crippen molar-refractivity contribution in [2.75, 3.05) is 39.9 Å². The van der Waals surface area contributed by atoms with Crippen molar-refractivity contribution in [3.05, 3.63) is 23.8 Å². The highest BCUT2D eigenvalue weighted by atomic mass is 16.6. The fraction of sp³-hybridized carbons (Fsp3) is 0.632. The third-order valence-corrected chi connectivity index (χ3v) is 6.05. The summed E-state index contributed by atoms with van der Waals surface area (Å²) in [5.41, 5.74) is 0.613. The number of fused-ring (bicyclic) bond motifs is 2. The number of nitrogens with zero attached hydrogens (tertiary/aromatic N) is 2. The minimum absolute atomic E-state index is 0.0877. The zero-order chi connectivity index (χ0) is 17.4. The van der Waals surface area contributed by atoms with Crippen molar-refractivity contribution in [2.45, 2.75) is 31.8 Å². The SMILES string of the molecule is CN1CCC[C@]2(C(=O)O)CCN(Cc3ccc4c(c3)OCCO4)C[C@@H]12. The molecule has 6 heteroatoms. The van der Waals surface area contributed by atoms with E-state index in [9.17, 15) is 9.90 Å². The van der Waals surface area contributed by atoms with Crippen LogP contribution in [0.3, 0.4) is 0 Å². The number of piperidine rings is 2. The first-order chi connectivity index (χ1) is 12.1. The molecule has 3 heterocycles. The van der Waals surface area contributed by atoms with Gasteiger partial charge in [-0.15, -0.1) is 0 Å². The predicted octanol–water partition coefficient (Wildman–Crippen LogP) is 1.83. The molecule has 1 aromatic carbocycles. The van der Waals surface area contributed by atoms with E-state index < -0.39 is 11.4 Å². The van der Waals surface area contributed by atoms with Gasteiger partial charge in [-0.3, -0.25) is 9.69 Å². The molecule has 3 aliphatic heterocycles. The van der Waals surface area contributed by atoms with Gasteiger partial charge in [-0.05, 0) is 57.1 Å². The van der Waals surface area contributed by atoms with Gasteiger partial charge in [0.05, 0.1) is 5.41 Å². The Bertz CT molecular complexity index is 665. The molecule has 0 saturated carbocycles. The maximum absolute atomic E-state index is 12.0. The van der Waals surface area contributed by atoms with E-state index in [0.717, 1.165) is 56.9 Å². The Morgan fingerprint density at radius 3 is 2.84 bits per heavy atom. The van der Waals surface area contributed by atoms with Crippen molar-refractivity contribution in [3.63, 3.8) is 0 Å². The van der Waals surface area contributed by atoms with Crippen LogP contribution >= 0.6 is 0 Å². The number of carbonyl (C=O) groups is 1. The van der Waals surface area contributed by atoms with Crippen LogP contribution in [0.5, 0.6) is 11.5 Å². The Balaban J connectivity index is 1.49. The lowest BCUT2D eigenvalue weighted by Gasteiger charge is -2.51. The van der Waals surface area contributed by atoms with Gasteiger partial charge in [-0.2, -0.15) is 0 Å². The zero-order valence-electron chi connectivity index (χ0n) is 14.7. The summed E-state index contributed by atoms with van der Waals surface area (Å²) in [4.78, 5) is 16.6. The molecule has 0 aromatic heterocycles. The fourth-order valence-corrected chi connectivity index (χ4v) is 4.63. The van der Waals surface area contributed by atoms with Gasteiger partial charge in [0.1, 0.15) is 13.2 Å². The van der Waals surface area contributed by atoms with Gasteiger partial charge in [0, 0.05) is 19.1 Å². The van der Waals surface area contributed by atoms with E-state index in [0.29, 0.717) is 13.2 Å². The molecule has 6 nitrogen and oxygen atoms in total. The second-order valence-electron chi connectivity index (χ2n) is 7.52. The normalized spacial score (nSPS) is 29.9. The molecule has 0 unspecified atom stereocenters. The first kappa shape index (κ1) is 16.7. The highest BCUT2D eigenvalue weighted by Crippen LogP contribution is 2.42. The van der Waals surface area contributed by atoms with Crippen molar-refractivity contribution in [1.82, 2.24) is 9.80 Å². The maximum Gasteiger partial charge on any atom is 0.311 e. The molecule has 136 valence electrons. The number of hydrogen-bond acceptors (Lipinski definition) is 5. The Morgan fingerprint density at radius 2 is 2.04 bits per heavy atom. The number of hydrogen-bond donors (Lipinski definition) is 1. The summed E-state index contributed by atoms with van der Waals surface area (Å²) >= 11 is 0. The van der Waals surface area contributed by atoms with Crippen LogP contribution in [0.1, 0.15) is 24.8 Å². The van der Waals surface area contributed by atoms with E-state index in [1.807, 2.05) is 6.07 Å². The number of carboxylic acid groups (broad SMARTS) is 1. The Hall–Kier alpha value is -1.79. The van der Waals surface area contributed by atoms with Crippen molar-refractivity contribution in [2.24, 2.45) is 5.41 Å². The highest BCUT2D eigenvalue weighted by Gasteiger charge is 2.52. The fourth-order valence-electron chi connectivity index (χ4n) is 4.63. The molecule has 0 radical (unpaired) electrons. The van der Waals surface area contributed by atoms with E-state index in [-0.39, 0.29) is 6.04 Å². The number of ether oxygens (including phenoxy) is 2. The Kier molecular flexibility index (Phi) is 4.33. The number of aliphatic carboxylic acids is 1. The first-order valence-corrected chi connectivity index (χ1v) is 9.13. The lowest BCUT2D eigenvalue weighted by molar-refractivity contribution is -0.162. The van der Waals surface area contributed by atoms with Crippen LogP contribution in [0.15, 0.2) is 18.2 Å². The van der Waals surface area contributed by atoms with E-state index in [1.54, 1.807) is 0 Å². The molecule has 2 fully saturated rings. The Morgan fingerprint density at radius 1 is 1.24 bits per heavy atom. The van der Waals surface area contributed by atoms with Crippen LogP contribution < -0.4 is 9.47 Å². The summed E-state index contributed by atoms with van der Waals surface area (Å²) < 4.78 is 11.3. The molecule has 0 spiro atoms. The first-order valence-electron chi connectivity index (χ1n) is 9.13. The molecule has 3 aliphatic rings. The second kappa shape index (κ2) is 6.50. The largest absolute Gasteiger partial charge is 0.486 e. The molecule has 0 bridgehead atoms. The summed E-state index contributed by atoms with van der Waals surface area (Å²) in [6.07, 6.45) is 2.50. The van der Waals surface area contributed by atoms with Crippen LogP contribution in [0.25, 0.3) is 0 Å². The third kappa shape index (κ3) is 2.98. The molecular formula is C19H26N2O4. The summed E-state index contributed by atoms with van der Waals surface area (Å²) in [7, 11) is 2.06. The number of likely N-dealkylation sites (N-methyl/N-ethyl adjacent to an activating group) is 1. The number of likely N-dealkylation sites (tertiary alicyclic amines) is 2. The van der Waals surface area contributed by atoms with Crippen LogP contribution in [-0.2, 0) is 11.3 Å². The standard InChI is InChI=1S/C19H26N2O4/c1-20-7-2-5-19(18(22)23)6-8-21(13-17(19)20)12-14-3-4-15-16(11-14)25-10-9-24-15/h3-4,11,17H,2,5-10,12-13H2,1H3,(H,22,23)/t17-,19+/m1/s1. The monoisotopic (exact) mass is 346 g/mol. The number of rotatable bonds is 3. The van der Waals surface area contributed by atoms with Gasteiger partial charge in [0.15, 0.2) is 11.5 Å². The summed E-state index contributed by atoms with van der Waals surface area (Å²) in [6.45, 7) is 4.62. The highest BCUT2D eigenvalue weighted by molar-refractivity contribution is 5.76. The van der Waals surface area contributed by atoms with E-state index >= 15 is 0 Å². The Labute approximate surface area is 148 Å². The molecule has 1 N–H and O–H groups in total. The van der Waals surface area contributed by atoms with Crippen LogP contribution in [-0.4, -0.2) is 66.8 Å². The minimum Gasteiger partial charge on any atom is -0.486 e. The smallest absolute Gasteiger partial charge is 0.311 e. The van der Waals surface area contributed by atoms with Crippen molar-refractivity contribution < 1.29 is 19.4 Å². The average Bonchev–Trinajstić information content (AvgIpc) is 2.62. The van der Waals surface area contributed by atoms with Gasteiger partial charge in [-0.25, -0.2) is 0 Å². The van der Waals surface area contributed by atoms with E-state index in [1.165, 1.54) is 5.56 Å². The lowest BCUT2D eigenvalue weighted by atomic mass is 9.68. The van der Waals surface area contributed by atoms with Gasteiger partial charge in [0.2, 0.25) is 0 Å². The zero-order valence-corrected chi connectivity index (χ0v) is 14.7. The van der Waals surface area contributed by atoms with Gasteiger partial charge >= 0.3 is 5.97 Å². The van der Waals surface area contributed by atoms with Gasteiger partial charge < -0.3 is 19.5 Å². The summed E-state index contributed by atoms with van der Waals surface area (Å²) in [6, 6.07) is 6.20. The molecule has 2 atom stereocenters. The topological polar surface area (TPSA) is 62.2 Å². The predicted molar refractivity (Wildman–Crippen MR) is 93.0 cm³/mol. The minimum atomic E-state index is -0.622. The van der Waals surface area contributed by atoms with Crippen LogP contribution in [0.4, 0.5) is 0 Å². The van der Waals surface area contributed by atoms with Gasteiger partial charge in [0.25, 0.3) is 0 Å². The lowest BCUT2D eigenvalue weighted by Crippen LogP contribution is -2.62. The molecular weight excluding hydrogens is 320 g/mol. The van der Waals surface area contributed by atoms with Crippen molar-refractivity contribution >= 4 is 5.97 Å². The van der Waals surface area contributed by atoms with Crippen LogP contribution in [0, 0.1) is 5.41 Å². The number of carboxylic acids is 1. The van der Waals surface area contributed by atoms with Crippen molar-refractivity contribution in [1.29, 1.82) is 0 Å². The van der Waals surface area contributed by atoms with Gasteiger partial charge in [-0.1, -0.05) is 6.07 Å². The van der Waals surface area contributed by atoms with E-state index in [2.05, 4.69) is 29.0 Å². The average molecular weight is 346 g/mol. The molecule has 4 rings (SSSR count). The third-order valence-electron chi connectivity index (χ3n) is 6.05. The van der Waals surface area contributed by atoms with Crippen molar-refractivity contribution in [3.8, 4) is 11.5 Å². The quantitative estimate of drug-likeness (QED) is 0.901. The summed E-state index contributed by atoms with van der Waals surface area (Å²) in [5.74, 6) is 1.00. The molecule has 2 saturated heterocycles.